The van der Waals surface area contributed by atoms with Crippen LogP contribution in [-0.4, -0.2) is 40.8 Å². The molecule has 2 aromatic carbocycles. The average Bonchev–Trinajstić information content (AvgIpc) is 3.10. The number of nitrogens with zero attached hydrogens (tertiary/aromatic N) is 3. The van der Waals surface area contributed by atoms with E-state index in [1.165, 1.54) is 12.1 Å². The summed E-state index contributed by atoms with van der Waals surface area (Å²) in [6, 6.07) is 14.7. The van der Waals surface area contributed by atoms with Crippen LogP contribution in [-0.2, 0) is 13.0 Å². The lowest BCUT2D eigenvalue weighted by Gasteiger charge is -2.29. The van der Waals surface area contributed by atoms with Gasteiger partial charge in [-0.3, -0.25) is 9.13 Å². The summed E-state index contributed by atoms with van der Waals surface area (Å²) in [6.07, 6.45) is 4.54. The van der Waals surface area contributed by atoms with Crippen molar-refractivity contribution in [3.63, 3.8) is 0 Å². The minimum absolute atomic E-state index is 0.0294. The summed E-state index contributed by atoms with van der Waals surface area (Å²) in [5.74, 6) is 1.06. The Bertz CT molecular complexity index is 1090. The molecule has 2 heterocycles. The van der Waals surface area contributed by atoms with Gasteiger partial charge >= 0.3 is 5.69 Å². The molecule has 3 aromatic rings. The highest BCUT2D eigenvalue weighted by atomic mass is 19.1. The van der Waals surface area contributed by atoms with E-state index in [1.54, 1.807) is 12.1 Å². The van der Waals surface area contributed by atoms with Crippen LogP contribution in [0, 0.1) is 11.7 Å². The second-order valence-electron chi connectivity index (χ2n) is 9.58. The molecule has 0 atom stereocenters. The highest BCUT2D eigenvalue weighted by molar-refractivity contribution is 5.28. The van der Waals surface area contributed by atoms with E-state index in [4.69, 9.17) is 4.74 Å². The Hall–Kier alpha value is -2.86. The molecule has 1 fully saturated rings. The van der Waals surface area contributed by atoms with E-state index >= 15 is 0 Å². The maximum Gasteiger partial charge on any atom is 0.328 e. The summed E-state index contributed by atoms with van der Waals surface area (Å²) in [5, 5.41) is 0. The molecule has 176 valence electrons. The topological polar surface area (TPSA) is 39.4 Å². The Balaban J connectivity index is 1.60. The first-order chi connectivity index (χ1) is 15.9. The maximum absolute atomic E-state index is 13.5. The van der Waals surface area contributed by atoms with Crippen LogP contribution in [0.3, 0.4) is 0 Å². The number of halogens is 1. The zero-order chi connectivity index (χ0) is 23.4. The van der Waals surface area contributed by atoms with Gasteiger partial charge in [0.1, 0.15) is 11.6 Å². The Labute approximate surface area is 195 Å². The smallest absolute Gasteiger partial charge is 0.328 e. The first-order valence-corrected chi connectivity index (χ1v) is 11.8. The van der Waals surface area contributed by atoms with Gasteiger partial charge in [-0.15, -0.1) is 0 Å². The molecule has 6 heteroatoms. The van der Waals surface area contributed by atoms with Gasteiger partial charge in [0.05, 0.1) is 13.2 Å². The van der Waals surface area contributed by atoms with Gasteiger partial charge < -0.3 is 9.64 Å². The molecule has 1 aliphatic rings. The molecule has 0 bridgehead atoms. The lowest BCUT2D eigenvalue weighted by molar-refractivity contribution is 0.218. The monoisotopic (exact) mass is 451 g/mol. The van der Waals surface area contributed by atoms with Crippen molar-refractivity contribution in [1.82, 2.24) is 14.0 Å². The van der Waals surface area contributed by atoms with Gasteiger partial charge in [0.15, 0.2) is 0 Å². The van der Waals surface area contributed by atoms with Crippen LogP contribution in [0.2, 0.25) is 0 Å². The van der Waals surface area contributed by atoms with Crippen molar-refractivity contribution in [2.24, 2.45) is 5.92 Å². The molecule has 33 heavy (non-hydrogen) atoms. The number of aromatic nitrogens is 2. The molecule has 0 amide bonds. The lowest BCUT2D eigenvalue weighted by Crippen LogP contribution is -2.35. The molecule has 5 nitrogen and oxygen atoms in total. The Morgan fingerprint density at radius 2 is 1.64 bits per heavy atom. The first kappa shape index (κ1) is 23.3. The number of rotatable bonds is 8. The van der Waals surface area contributed by atoms with Crippen LogP contribution < -0.4 is 10.4 Å². The number of hydrogen-bond donors (Lipinski definition) is 0. The summed E-state index contributed by atoms with van der Waals surface area (Å²) >= 11 is 0. The van der Waals surface area contributed by atoms with E-state index in [0.29, 0.717) is 25.5 Å². The van der Waals surface area contributed by atoms with E-state index in [9.17, 15) is 9.18 Å². The van der Waals surface area contributed by atoms with Crippen LogP contribution in [0.25, 0.3) is 0 Å². The zero-order valence-electron chi connectivity index (χ0n) is 19.8. The fourth-order valence-electron chi connectivity index (χ4n) is 4.34. The van der Waals surface area contributed by atoms with Gasteiger partial charge in [-0.25, -0.2) is 9.18 Å². The number of likely N-dealkylation sites (tertiary alicyclic amines) is 1. The van der Waals surface area contributed by atoms with Crippen molar-refractivity contribution in [3.8, 4) is 5.75 Å². The predicted molar refractivity (Wildman–Crippen MR) is 130 cm³/mol. The third-order valence-electron chi connectivity index (χ3n) is 6.31. The molecule has 1 aliphatic heterocycles. The maximum atomic E-state index is 13.5. The summed E-state index contributed by atoms with van der Waals surface area (Å²) in [4.78, 5) is 15.8. The molecule has 4 rings (SSSR count). The highest BCUT2D eigenvalue weighted by Crippen LogP contribution is 2.22. The van der Waals surface area contributed by atoms with Crippen molar-refractivity contribution in [3.05, 3.63) is 87.9 Å². The molecule has 0 N–H and O–H groups in total. The third-order valence-corrected chi connectivity index (χ3v) is 6.31. The van der Waals surface area contributed by atoms with Crippen LogP contribution >= 0.6 is 0 Å². The number of piperidine rings is 1. The summed E-state index contributed by atoms with van der Waals surface area (Å²) < 4.78 is 23.0. The minimum Gasteiger partial charge on any atom is -0.493 e. The average molecular weight is 452 g/mol. The highest BCUT2D eigenvalue weighted by Gasteiger charge is 2.22. The molecule has 1 aromatic heterocycles. The summed E-state index contributed by atoms with van der Waals surface area (Å²) in [7, 11) is 2.12. The normalized spacial score (nSPS) is 15.3. The van der Waals surface area contributed by atoms with Crippen molar-refractivity contribution >= 4 is 0 Å². The molecule has 1 saturated heterocycles. The van der Waals surface area contributed by atoms with E-state index in [2.05, 4.69) is 25.8 Å². The van der Waals surface area contributed by atoms with Gasteiger partial charge in [-0.05, 0) is 74.3 Å². The lowest BCUT2D eigenvalue weighted by atomic mass is 10.1. The molecule has 0 radical (unpaired) electrons. The summed E-state index contributed by atoms with van der Waals surface area (Å²) in [5.41, 5.74) is 3.02. The minimum atomic E-state index is -0.250. The van der Waals surface area contributed by atoms with E-state index in [0.717, 1.165) is 48.5 Å². The van der Waals surface area contributed by atoms with Crippen molar-refractivity contribution in [1.29, 1.82) is 0 Å². The predicted octanol–water partition coefficient (Wildman–Crippen LogP) is 4.73. The van der Waals surface area contributed by atoms with Gasteiger partial charge in [-0.1, -0.05) is 38.1 Å². The largest absolute Gasteiger partial charge is 0.493 e. The molecular formula is C27H34FN3O2. The van der Waals surface area contributed by atoms with Crippen molar-refractivity contribution < 1.29 is 9.13 Å². The second kappa shape index (κ2) is 10.4. The van der Waals surface area contributed by atoms with Crippen LogP contribution in [0.4, 0.5) is 4.39 Å². The molecule has 0 aliphatic carbocycles. The molecule has 0 unspecified atom stereocenters. The Morgan fingerprint density at radius 3 is 2.27 bits per heavy atom. The molecule has 0 spiro atoms. The fourth-order valence-corrected chi connectivity index (χ4v) is 4.34. The van der Waals surface area contributed by atoms with Crippen LogP contribution in [0.15, 0.2) is 59.5 Å². The number of hydrogen-bond acceptors (Lipinski definition) is 3. The SMILES string of the molecule is CC(C)COc1ccc(Cn2c(Cc3ccc(F)cc3)cn(C3CCN(C)CC3)c2=O)cc1. The van der Waals surface area contributed by atoms with Gasteiger partial charge in [-0.2, -0.15) is 0 Å². The van der Waals surface area contributed by atoms with Crippen molar-refractivity contribution in [2.45, 2.75) is 45.7 Å². The molecule has 0 saturated carbocycles. The standard InChI is InChI=1S/C27H34FN3O2/c1-20(2)19-33-26-10-6-22(7-11-26)17-30-25(16-21-4-8-23(28)9-5-21)18-31(27(30)32)24-12-14-29(3)15-13-24/h4-11,18,20,24H,12-17,19H2,1-3H3. The number of ether oxygens (including phenoxy) is 1. The first-order valence-electron chi connectivity index (χ1n) is 11.8. The molecular weight excluding hydrogens is 417 g/mol. The van der Waals surface area contributed by atoms with Gasteiger partial charge in [0, 0.05) is 24.4 Å². The number of benzene rings is 2. The zero-order valence-corrected chi connectivity index (χ0v) is 19.8. The van der Waals surface area contributed by atoms with Crippen LogP contribution in [0.5, 0.6) is 5.75 Å². The number of imidazole rings is 1. The van der Waals surface area contributed by atoms with E-state index in [1.807, 2.05) is 39.6 Å². The Morgan fingerprint density at radius 1 is 1.00 bits per heavy atom. The second-order valence-corrected chi connectivity index (χ2v) is 9.58. The van der Waals surface area contributed by atoms with Crippen LogP contribution in [0.1, 0.15) is 49.6 Å². The van der Waals surface area contributed by atoms with E-state index < -0.39 is 0 Å². The van der Waals surface area contributed by atoms with Crippen molar-refractivity contribution in [2.75, 3.05) is 26.7 Å². The quantitative estimate of drug-likeness (QED) is 0.497. The Kier molecular flexibility index (Phi) is 7.33. The summed E-state index contributed by atoms with van der Waals surface area (Å²) in [6.45, 7) is 7.41. The van der Waals surface area contributed by atoms with Gasteiger partial charge in [0.2, 0.25) is 0 Å². The van der Waals surface area contributed by atoms with Gasteiger partial charge in [0.25, 0.3) is 0 Å². The third kappa shape index (κ3) is 5.93. The van der Waals surface area contributed by atoms with E-state index in [-0.39, 0.29) is 17.5 Å². The fraction of sp³-hybridized carbons (Fsp3) is 0.444.